The Labute approximate surface area is 139 Å². The molecule has 1 heterocycles. The van der Waals surface area contributed by atoms with Gasteiger partial charge in [-0.2, -0.15) is 0 Å². The van der Waals surface area contributed by atoms with Crippen LogP contribution in [0.2, 0.25) is 0 Å². The molecule has 2 N–H and O–H groups in total. The Morgan fingerprint density at radius 3 is 2.58 bits per heavy atom. The van der Waals surface area contributed by atoms with Crippen LogP contribution < -0.4 is 10.0 Å². The number of nitrogens with zero attached hydrogens (tertiary/aromatic N) is 1. The lowest BCUT2D eigenvalue weighted by atomic mass is 10.1. The smallest absolute Gasteiger partial charge is 0.255 e. The summed E-state index contributed by atoms with van der Waals surface area (Å²) in [5.41, 5.74) is 1.97. The third-order valence-corrected chi connectivity index (χ3v) is 3.92. The number of hydrogen-bond donors (Lipinski definition) is 2. The topological polar surface area (TPSA) is 88.2 Å². The number of para-hydroxylation sites is 1. The van der Waals surface area contributed by atoms with Crippen molar-refractivity contribution in [2.45, 2.75) is 0 Å². The Balaban J connectivity index is 1.88. The summed E-state index contributed by atoms with van der Waals surface area (Å²) in [5.74, 6) is -0.342. The van der Waals surface area contributed by atoms with Crippen molar-refractivity contribution in [2.75, 3.05) is 16.3 Å². The van der Waals surface area contributed by atoms with Crippen LogP contribution in [0.4, 0.5) is 11.4 Å². The first kappa shape index (κ1) is 15.9. The van der Waals surface area contributed by atoms with E-state index in [1.807, 2.05) is 24.3 Å². The predicted molar refractivity (Wildman–Crippen MR) is 94.6 cm³/mol. The van der Waals surface area contributed by atoms with Crippen LogP contribution in [0.1, 0.15) is 10.4 Å². The molecule has 0 saturated carbocycles. The van der Waals surface area contributed by atoms with Gasteiger partial charge in [0, 0.05) is 22.8 Å². The van der Waals surface area contributed by atoms with Crippen molar-refractivity contribution >= 4 is 38.2 Å². The molecule has 122 valence electrons. The molecule has 0 atom stereocenters. The first-order chi connectivity index (χ1) is 11.4. The predicted octanol–water partition coefficient (Wildman–Crippen LogP) is 2.86. The van der Waals surface area contributed by atoms with Crippen molar-refractivity contribution in [3.05, 3.63) is 66.4 Å². The van der Waals surface area contributed by atoms with Gasteiger partial charge >= 0.3 is 0 Å². The molecule has 24 heavy (non-hydrogen) atoms. The Bertz CT molecular complexity index is 1010. The number of aromatic nitrogens is 1. The average Bonchev–Trinajstić information content (AvgIpc) is 2.54. The highest BCUT2D eigenvalue weighted by Crippen LogP contribution is 2.22. The summed E-state index contributed by atoms with van der Waals surface area (Å²) in [4.78, 5) is 16.7. The summed E-state index contributed by atoms with van der Waals surface area (Å²) in [5, 5.41) is 3.73. The second kappa shape index (κ2) is 6.29. The van der Waals surface area contributed by atoms with E-state index in [1.165, 1.54) is 6.07 Å². The van der Waals surface area contributed by atoms with Crippen molar-refractivity contribution in [1.82, 2.24) is 4.98 Å². The lowest BCUT2D eigenvalue weighted by Gasteiger charge is -2.09. The van der Waals surface area contributed by atoms with Gasteiger partial charge in [0.1, 0.15) is 0 Å². The lowest BCUT2D eigenvalue weighted by molar-refractivity contribution is 0.102. The normalized spacial score (nSPS) is 11.2. The molecule has 0 unspecified atom stereocenters. The zero-order valence-corrected chi connectivity index (χ0v) is 13.7. The lowest BCUT2D eigenvalue weighted by Crippen LogP contribution is -2.14. The number of carbonyl (C=O) groups excluding carboxylic acids is 1. The molecule has 0 saturated heterocycles. The van der Waals surface area contributed by atoms with E-state index in [0.29, 0.717) is 22.5 Å². The number of anilines is 2. The van der Waals surface area contributed by atoms with Gasteiger partial charge in [0.15, 0.2) is 0 Å². The van der Waals surface area contributed by atoms with E-state index in [2.05, 4.69) is 15.0 Å². The molecular formula is C17H15N3O3S. The molecule has 1 aromatic heterocycles. The summed E-state index contributed by atoms with van der Waals surface area (Å²) < 4.78 is 24.9. The van der Waals surface area contributed by atoms with Crippen molar-refractivity contribution in [3.63, 3.8) is 0 Å². The highest BCUT2D eigenvalue weighted by atomic mass is 32.2. The SMILES string of the molecule is CS(=O)(=O)Nc1cccc(C(=O)Nc2cccc3cccnc23)c1. The molecule has 0 spiro atoms. The molecule has 0 bridgehead atoms. The Morgan fingerprint density at radius 2 is 1.79 bits per heavy atom. The van der Waals surface area contributed by atoms with E-state index in [0.717, 1.165) is 11.6 Å². The van der Waals surface area contributed by atoms with Crippen LogP contribution in [0, 0.1) is 0 Å². The average molecular weight is 341 g/mol. The van der Waals surface area contributed by atoms with Gasteiger partial charge in [0.05, 0.1) is 17.5 Å². The number of nitrogens with one attached hydrogen (secondary N) is 2. The van der Waals surface area contributed by atoms with Gasteiger partial charge in [-0.3, -0.25) is 14.5 Å². The molecule has 1 amide bonds. The molecule has 0 aliphatic rings. The molecule has 0 aliphatic heterocycles. The number of amides is 1. The molecule has 0 fully saturated rings. The molecule has 7 heteroatoms. The number of sulfonamides is 1. The number of rotatable bonds is 4. The highest BCUT2D eigenvalue weighted by Gasteiger charge is 2.10. The molecule has 6 nitrogen and oxygen atoms in total. The maximum atomic E-state index is 12.5. The van der Waals surface area contributed by atoms with Crippen LogP contribution in [-0.4, -0.2) is 25.6 Å². The maximum absolute atomic E-state index is 12.5. The zero-order valence-electron chi connectivity index (χ0n) is 12.9. The first-order valence-corrected chi connectivity index (χ1v) is 9.04. The van der Waals surface area contributed by atoms with Crippen molar-refractivity contribution in [1.29, 1.82) is 0 Å². The molecule has 3 rings (SSSR count). The van der Waals surface area contributed by atoms with Crippen LogP contribution in [0.25, 0.3) is 10.9 Å². The fraction of sp³-hybridized carbons (Fsp3) is 0.0588. The second-order valence-corrected chi connectivity index (χ2v) is 7.04. The fourth-order valence-corrected chi connectivity index (χ4v) is 2.89. The van der Waals surface area contributed by atoms with E-state index >= 15 is 0 Å². The van der Waals surface area contributed by atoms with Crippen LogP contribution in [0.5, 0.6) is 0 Å². The third-order valence-electron chi connectivity index (χ3n) is 3.31. The van der Waals surface area contributed by atoms with E-state index in [9.17, 15) is 13.2 Å². The van der Waals surface area contributed by atoms with Crippen molar-refractivity contribution in [3.8, 4) is 0 Å². The molecule has 0 aliphatic carbocycles. The van der Waals surface area contributed by atoms with Gasteiger partial charge in [0.25, 0.3) is 5.91 Å². The maximum Gasteiger partial charge on any atom is 0.255 e. The number of benzene rings is 2. The van der Waals surface area contributed by atoms with E-state index in [1.54, 1.807) is 30.5 Å². The highest BCUT2D eigenvalue weighted by molar-refractivity contribution is 7.92. The summed E-state index contributed by atoms with van der Waals surface area (Å²) in [6, 6.07) is 15.5. The minimum absolute atomic E-state index is 0.334. The van der Waals surface area contributed by atoms with Crippen LogP contribution in [0.15, 0.2) is 60.8 Å². The quantitative estimate of drug-likeness (QED) is 0.764. The number of hydrogen-bond acceptors (Lipinski definition) is 4. The van der Waals surface area contributed by atoms with Gasteiger partial charge in [0.2, 0.25) is 10.0 Å². The standard InChI is InChI=1S/C17H15N3O3S/c1-24(22,23)20-14-8-2-6-13(11-14)17(21)19-15-9-3-5-12-7-4-10-18-16(12)15/h2-11,20H,1H3,(H,19,21). The minimum atomic E-state index is -3.40. The van der Waals surface area contributed by atoms with Gasteiger partial charge in [-0.05, 0) is 30.3 Å². The number of carbonyl (C=O) groups is 1. The summed E-state index contributed by atoms with van der Waals surface area (Å²) in [6.07, 6.45) is 2.72. The van der Waals surface area contributed by atoms with Crippen LogP contribution in [-0.2, 0) is 10.0 Å². The monoisotopic (exact) mass is 341 g/mol. The summed E-state index contributed by atoms with van der Waals surface area (Å²) in [6.45, 7) is 0. The van der Waals surface area contributed by atoms with E-state index < -0.39 is 10.0 Å². The van der Waals surface area contributed by atoms with Gasteiger partial charge < -0.3 is 5.32 Å². The van der Waals surface area contributed by atoms with Crippen molar-refractivity contribution in [2.24, 2.45) is 0 Å². The minimum Gasteiger partial charge on any atom is -0.320 e. The molecular weight excluding hydrogens is 326 g/mol. The molecule has 3 aromatic rings. The van der Waals surface area contributed by atoms with E-state index in [-0.39, 0.29) is 5.91 Å². The van der Waals surface area contributed by atoms with Crippen LogP contribution >= 0.6 is 0 Å². The van der Waals surface area contributed by atoms with Gasteiger partial charge in [-0.15, -0.1) is 0 Å². The van der Waals surface area contributed by atoms with Gasteiger partial charge in [-0.25, -0.2) is 8.42 Å². The first-order valence-electron chi connectivity index (χ1n) is 7.15. The van der Waals surface area contributed by atoms with E-state index in [4.69, 9.17) is 0 Å². The molecule has 0 radical (unpaired) electrons. The zero-order chi connectivity index (χ0) is 17.2. The van der Waals surface area contributed by atoms with Gasteiger partial charge in [-0.1, -0.05) is 24.3 Å². The van der Waals surface area contributed by atoms with Crippen molar-refractivity contribution < 1.29 is 13.2 Å². The summed E-state index contributed by atoms with van der Waals surface area (Å²) >= 11 is 0. The third kappa shape index (κ3) is 3.69. The Hall–Kier alpha value is -2.93. The number of fused-ring (bicyclic) bond motifs is 1. The number of pyridine rings is 1. The fourth-order valence-electron chi connectivity index (χ4n) is 2.34. The second-order valence-electron chi connectivity index (χ2n) is 5.29. The van der Waals surface area contributed by atoms with Crippen LogP contribution in [0.3, 0.4) is 0 Å². The molecule has 2 aromatic carbocycles. The Morgan fingerprint density at radius 1 is 1.04 bits per heavy atom. The summed E-state index contributed by atoms with van der Waals surface area (Å²) in [7, 11) is -3.40. The Kier molecular flexibility index (Phi) is 4.18. The largest absolute Gasteiger partial charge is 0.320 e.